The zero-order valence-corrected chi connectivity index (χ0v) is 17.5. The number of nitriles is 1. The van der Waals surface area contributed by atoms with Crippen LogP contribution in [-0.2, 0) is 0 Å². The molecule has 0 aliphatic carbocycles. The molecule has 2 N–H and O–H groups in total. The molecule has 2 aromatic heterocycles. The minimum atomic E-state index is -0.388. The van der Waals surface area contributed by atoms with E-state index in [1.165, 1.54) is 12.1 Å². The van der Waals surface area contributed by atoms with Crippen LogP contribution in [0.15, 0.2) is 54.7 Å². The normalized spacial score (nSPS) is 11.7. The Hall–Kier alpha value is -4.25. The number of halogens is 1. The van der Waals surface area contributed by atoms with Crippen molar-refractivity contribution < 1.29 is 13.9 Å². The van der Waals surface area contributed by atoms with Gasteiger partial charge in [0.05, 0.1) is 36.0 Å². The molecule has 2 heterocycles. The number of fused-ring (bicyclic) bond motifs is 1. The highest BCUT2D eigenvalue weighted by atomic mass is 19.1. The molecular formula is C24H20FN5O2. The second kappa shape index (κ2) is 8.86. The van der Waals surface area contributed by atoms with Gasteiger partial charge in [0.15, 0.2) is 0 Å². The standard InChI is InChI=1S/C24H20FN5O2/c1-3-32-24-19(15-5-4-6-17(25)11-15)9-10-21(29-24)23(31)28-14(2)18-8-7-16(12-26)20-13-27-30-22(18)20/h4-11,13-14H,3H2,1-2H3,(H,27,30)(H,28,31)/t14-/m1/s1. The Kier molecular flexibility index (Phi) is 5.81. The summed E-state index contributed by atoms with van der Waals surface area (Å²) in [6.07, 6.45) is 1.59. The minimum Gasteiger partial charge on any atom is -0.478 e. The molecule has 0 spiro atoms. The van der Waals surface area contributed by atoms with Crippen molar-refractivity contribution in [2.45, 2.75) is 19.9 Å². The van der Waals surface area contributed by atoms with Gasteiger partial charge >= 0.3 is 0 Å². The highest BCUT2D eigenvalue weighted by Crippen LogP contribution is 2.30. The Morgan fingerprint density at radius 1 is 1.28 bits per heavy atom. The maximum Gasteiger partial charge on any atom is 0.270 e. The van der Waals surface area contributed by atoms with Gasteiger partial charge in [-0.05, 0) is 55.3 Å². The lowest BCUT2D eigenvalue weighted by Crippen LogP contribution is -2.27. The lowest BCUT2D eigenvalue weighted by molar-refractivity contribution is 0.0934. The molecule has 1 atom stereocenters. The first-order valence-electron chi connectivity index (χ1n) is 10.1. The summed E-state index contributed by atoms with van der Waals surface area (Å²) in [5.74, 6) is -0.498. The number of amides is 1. The number of hydrogen-bond acceptors (Lipinski definition) is 5. The van der Waals surface area contributed by atoms with Crippen LogP contribution < -0.4 is 10.1 Å². The molecule has 0 saturated heterocycles. The van der Waals surface area contributed by atoms with E-state index in [2.05, 4.69) is 26.6 Å². The smallest absolute Gasteiger partial charge is 0.270 e. The van der Waals surface area contributed by atoms with Gasteiger partial charge in [-0.3, -0.25) is 9.89 Å². The predicted molar refractivity (Wildman–Crippen MR) is 117 cm³/mol. The third-order valence-corrected chi connectivity index (χ3v) is 5.09. The van der Waals surface area contributed by atoms with Crippen LogP contribution in [-0.4, -0.2) is 27.7 Å². The number of aromatic nitrogens is 3. The first-order chi connectivity index (χ1) is 15.5. The quantitative estimate of drug-likeness (QED) is 0.469. The first-order valence-corrected chi connectivity index (χ1v) is 10.1. The number of benzene rings is 2. The minimum absolute atomic E-state index is 0.176. The molecule has 7 nitrogen and oxygen atoms in total. The monoisotopic (exact) mass is 429 g/mol. The maximum atomic E-state index is 13.7. The highest BCUT2D eigenvalue weighted by Gasteiger charge is 2.19. The summed E-state index contributed by atoms with van der Waals surface area (Å²) in [4.78, 5) is 17.3. The Morgan fingerprint density at radius 3 is 2.88 bits per heavy atom. The van der Waals surface area contributed by atoms with Crippen molar-refractivity contribution in [3.8, 4) is 23.1 Å². The number of ether oxygens (including phenoxy) is 1. The molecule has 0 bridgehead atoms. The number of hydrogen-bond donors (Lipinski definition) is 2. The van der Waals surface area contributed by atoms with E-state index in [-0.39, 0.29) is 29.3 Å². The molecule has 0 aliphatic rings. The summed E-state index contributed by atoms with van der Waals surface area (Å²) in [5, 5.41) is 19.8. The van der Waals surface area contributed by atoms with E-state index < -0.39 is 0 Å². The fraction of sp³-hybridized carbons (Fsp3) is 0.167. The number of nitrogens with one attached hydrogen (secondary N) is 2. The van der Waals surface area contributed by atoms with Crippen molar-refractivity contribution in [2.75, 3.05) is 6.61 Å². The van der Waals surface area contributed by atoms with Crippen molar-refractivity contribution in [3.63, 3.8) is 0 Å². The fourth-order valence-corrected chi connectivity index (χ4v) is 3.55. The summed E-state index contributed by atoms with van der Waals surface area (Å²) >= 11 is 0. The molecule has 4 rings (SSSR count). The lowest BCUT2D eigenvalue weighted by atomic mass is 10.0. The van der Waals surface area contributed by atoms with Gasteiger partial charge in [0.25, 0.3) is 5.91 Å². The molecule has 8 heteroatoms. The average molecular weight is 429 g/mol. The summed E-state index contributed by atoms with van der Waals surface area (Å²) in [7, 11) is 0. The number of aromatic amines is 1. The summed E-state index contributed by atoms with van der Waals surface area (Å²) in [5.41, 5.74) is 3.39. The zero-order chi connectivity index (χ0) is 22.7. The second-order valence-corrected chi connectivity index (χ2v) is 7.16. The molecule has 0 fully saturated rings. The Balaban J connectivity index is 1.62. The molecule has 0 aliphatic heterocycles. The fourth-order valence-electron chi connectivity index (χ4n) is 3.55. The van der Waals surface area contributed by atoms with Crippen LogP contribution >= 0.6 is 0 Å². The molecule has 0 radical (unpaired) electrons. The molecule has 0 saturated carbocycles. The Labute approximate surface area is 183 Å². The molecule has 160 valence electrons. The number of carbonyl (C=O) groups is 1. The molecule has 2 aromatic carbocycles. The van der Waals surface area contributed by atoms with E-state index in [4.69, 9.17) is 4.74 Å². The number of rotatable bonds is 6. The number of carbonyl (C=O) groups excluding carboxylic acids is 1. The molecular weight excluding hydrogens is 409 g/mol. The summed E-state index contributed by atoms with van der Waals surface area (Å²) in [6, 6.07) is 14.6. The highest BCUT2D eigenvalue weighted by molar-refractivity contribution is 5.94. The Morgan fingerprint density at radius 2 is 2.12 bits per heavy atom. The third-order valence-electron chi connectivity index (χ3n) is 5.09. The van der Waals surface area contributed by atoms with E-state index in [1.54, 1.807) is 42.6 Å². The van der Waals surface area contributed by atoms with Gasteiger partial charge in [-0.25, -0.2) is 9.37 Å². The van der Waals surface area contributed by atoms with Gasteiger partial charge < -0.3 is 10.1 Å². The first kappa shape index (κ1) is 21.0. The van der Waals surface area contributed by atoms with Crippen molar-refractivity contribution >= 4 is 16.8 Å². The number of nitrogens with zero attached hydrogens (tertiary/aromatic N) is 3. The SMILES string of the molecule is CCOc1nc(C(=O)N[C@H](C)c2ccc(C#N)c3cn[nH]c23)ccc1-c1cccc(F)c1. The van der Waals surface area contributed by atoms with E-state index in [9.17, 15) is 14.4 Å². The molecule has 4 aromatic rings. The molecule has 0 unspecified atom stereocenters. The zero-order valence-electron chi connectivity index (χ0n) is 17.5. The van der Waals surface area contributed by atoms with Crippen LogP contribution in [0.1, 0.15) is 41.5 Å². The second-order valence-electron chi connectivity index (χ2n) is 7.16. The van der Waals surface area contributed by atoms with Gasteiger partial charge in [-0.2, -0.15) is 10.4 Å². The van der Waals surface area contributed by atoms with E-state index in [0.717, 1.165) is 5.56 Å². The maximum absolute atomic E-state index is 13.7. The third kappa shape index (κ3) is 4.01. The largest absolute Gasteiger partial charge is 0.478 e. The van der Waals surface area contributed by atoms with Gasteiger partial charge in [0.2, 0.25) is 5.88 Å². The van der Waals surface area contributed by atoms with Crippen molar-refractivity contribution in [1.82, 2.24) is 20.5 Å². The predicted octanol–water partition coefficient (Wildman–Crippen LogP) is 4.53. The summed E-state index contributed by atoms with van der Waals surface area (Å²) in [6.45, 7) is 4.00. The van der Waals surface area contributed by atoms with E-state index in [0.29, 0.717) is 34.2 Å². The summed E-state index contributed by atoms with van der Waals surface area (Å²) < 4.78 is 19.3. The number of H-pyrrole nitrogens is 1. The lowest BCUT2D eigenvalue weighted by Gasteiger charge is -2.16. The Bertz CT molecular complexity index is 1340. The van der Waals surface area contributed by atoms with Crippen LogP contribution in [0, 0.1) is 17.1 Å². The molecule has 32 heavy (non-hydrogen) atoms. The van der Waals surface area contributed by atoms with Crippen LogP contribution in [0.4, 0.5) is 4.39 Å². The van der Waals surface area contributed by atoms with E-state index in [1.807, 2.05) is 13.8 Å². The van der Waals surface area contributed by atoms with Gasteiger partial charge in [-0.15, -0.1) is 0 Å². The van der Waals surface area contributed by atoms with Crippen LogP contribution in [0.25, 0.3) is 22.0 Å². The van der Waals surface area contributed by atoms with Gasteiger partial charge in [-0.1, -0.05) is 18.2 Å². The van der Waals surface area contributed by atoms with Crippen LogP contribution in [0.3, 0.4) is 0 Å². The van der Waals surface area contributed by atoms with Crippen molar-refractivity contribution in [3.05, 3.63) is 77.4 Å². The van der Waals surface area contributed by atoms with Crippen LogP contribution in [0.5, 0.6) is 5.88 Å². The van der Waals surface area contributed by atoms with Crippen molar-refractivity contribution in [2.24, 2.45) is 0 Å². The average Bonchev–Trinajstić information content (AvgIpc) is 3.28. The van der Waals surface area contributed by atoms with Crippen molar-refractivity contribution in [1.29, 1.82) is 5.26 Å². The topological polar surface area (TPSA) is 104 Å². The van der Waals surface area contributed by atoms with Crippen LogP contribution in [0.2, 0.25) is 0 Å². The molecule has 1 amide bonds. The van der Waals surface area contributed by atoms with E-state index >= 15 is 0 Å². The van der Waals surface area contributed by atoms with Gasteiger partial charge in [0, 0.05) is 10.9 Å². The number of pyridine rings is 1. The van der Waals surface area contributed by atoms with Gasteiger partial charge in [0.1, 0.15) is 11.5 Å².